The van der Waals surface area contributed by atoms with Crippen LogP contribution in [-0.2, 0) is 16.1 Å². The molecule has 27 heavy (non-hydrogen) atoms. The molecule has 2 aromatic heterocycles. The van der Waals surface area contributed by atoms with Crippen LogP contribution in [0, 0.1) is 13.8 Å². The summed E-state index contributed by atoms with van der Waals surface area (Å²) in [5.41, 5.74) is 2.41. The molecule has 2 heterocycles. The van der Waals surface area contributed by atoms with Gasteiger partial charge in [0.2, 0.25) is 0 Å². The molecule has 8 heteroatoms. The summed E-state index contributed by atoms with van der Waals surface area (Å²) < 4.78 is 6.90. The fourth-order valence-electron chi connectivity index (χ4n) is 2.47. The van der Waals surface area contributed by atoms with Crippen LogP contribution in [0.25, 0.3) is 6.08 Å². The van der Waals surface area contributed by atoms with Crippen LogP contribution < -0.4 is 4.90 Å². The fourth-order valence-corrected chi connectivity index (χ4v) is 3.44. The summed E-state index contributed by atoms with van der Waals surface area (Å²) in [6.07, 6.45) is 6.56. The van der Waals surface area contributed by atoms with Gasteiger partial charge >= 0.3 is 5.97 Å². The van der Waals surface area contributed by atoms with Crippen LogP contribution in [0.3, 0.4) is 0 Å². The highest BCUT2D eigenvalue weighted by molar-refractivity contribution is 7.17. The number of amides is 1. The summed E-state index contributed by atoms with van der Waals surface area (Å²) in [6.45, 7) is 12.5. The second kappa shape index (κ2) is 9.27. The number of hydrogen-bond donors (Lipinski definition) is 0. The Morgan fingerprint density at radius 1 is 1.37 bits per heavy atom. The van der Waals surface area contributed by atoms with Gasteiger partial charge < -0.3 is 4.74 Å². The van der Waals surface area contributed by atoms with Crippen LogP contribution in [0.5, 0.6) is 0 Å². The van der Waals surface area contributed by atoms with E-state index in [1.165, 1.54) is 11.0 Å². The van der Waals surface area contributed by atoms with Crippen LogP contribution in [0.4, 0.5) is 5.13 Å². The molecule has 0 aliphatic rings. The summed E-state index contributed by atoms with van der Waals surface area (Å²) in [5, 5.41) is 4.70. The highest BCUT2D eigenvalue weighted by Crippen LogP contribution is 2.27. The normalized spacial score (nSPS) is 11.0. The molecule has 144 valence electrons. The molecule has 7 nitrogen and oxygen atoms in total. The third-order valence-electron chi connectivity index (χ3n) is 3.90. The molecule has 0 aliphatic heterocycles. The predicted octanol–water partition coefficient (Wildman–Crippen LogP) is 3.39. The van der Waals surface area contributed by atoms with Gasteiger partial charge in [-0.2, -0.15) is 5.10 Å². The van der Waals surface area contributed by atoms with Crippen molar-refractivity contribution in [1.82, 2.24) is 14.8 Å². The minimum Gasteiger partial charge on any atom is -0.462 e. The molecule has 0 N–H and O–H groups in total. The second-order valence-corrected chi connectivity index (χ2v) is 6.68. The molecule has 2 aromatic rings. The van der Waals surface area contributed by atoms with Crippen LogP contribution in [0.15, 0.2) is 24.9 Å². The maximum absolute atomic E-state index is 12.7. The number of carbonyl (C=O) groups excluding carboxylic acids is 2. The van der Waals surface area contributed by atoms with Gasteiger partial charge in [0.1, 0.15) is 4.88 Å². The van der Waals surface area contributed by atoms with Gasteiger partial charge in [0.05, 0.1) is 18.5 Å². The summed E-state index contributed by atoms with van der Waals surface area (Å²) in [4.78, 5) is 31.0. The van der Waals surface area contributed by atoms with Crippen molar-refractivity contribution in [2.45, 2.75) is 34.2 Å². The number of esters is 1. The Morgan fingerprint density at radius 2 is 2.11 bits per heavy atom. The molecule has 0 spiro atoms. The second-order valence-electron chi connectivity index (χ2n) is 5.70. The molecule has 0 atom stereocenters. The maximum Gasteiger partial charge on any atom is 0.350 e. The number of carbonyl (C=O) groups is 2. The number of nitrogens with zero attached hydrogens (tertiary/aromatic N) is 4. The lowest BCUT2D eigenvalue weighted by atomic mass is 10.2. The topological polar surface area (TPSA) is 77.3 Å². The number of hydrogen-bond acceptors (Lipinski definition) is 6. The zero-order valence-corrected chi connectivity index (χ0v) is 16.9. The molecule has 0 bridgehead atoms. The number of thiazole rings is 1. The van der Waals surface area contributed by atoms with Crippen molar-refractivity contribution in [3.05, 3.63) is 46.8 Å². The Labute approximate surface area is 163 Å². The first-order valence-electron chi connectivity index (χ1n) is 8.70. The molecule has 0 aromatic carbocycles. The lowest BCUT2D eigenvalue weighted by Gasteiger charge is -2.15. The maximum atomic E-state index is 12.7. The van der Waals surface area contributed by atoms with E-state index in [4.69, 9.17) is 4.74 Å². The quantitative estimate of drug-likeness (QED) is 0.394. The van der Waals surface area contributed by atoms with Gasteiger partial charge in [-0.25, -0.2) is 9.78 Å². The standard InChI is InChI=1S/C19H24N4O3S/c1-6-11-22(19-21-13(4)17(27-19)18(25)26-8-3)16(24)10-9-15-12-20-23(7-2)14(15)5/h6,9-10,12H,1,7-8,11H2,2-5H3. The van der Waals surface area contributed by atoms with Crippen molar-refractivity contribution in [3.63, 3.8) is 0 Å². The van der Waals surface area contributed by atoms with Crippen LogP contribution >= 0.6 is 11.3 Å². The number of aromatic nitrogens is 3. The Morgan fingerprint density at radius 3 is 2.70 bits per heavy atom. The van der Waals surface area contributed by atoms with Gasteiger partial charge in [0.15, 0.2) is 5.13 Å². The first-order chi connectivity index (χ1) is 12.9. The minimum atomic E-state index is -0.428. The molecular weight excluding hydrogens is 364 g/mol. The first kappa shape index (κ1) is 20.6. The summed E-state index contributed by atoms with van der Waals surface area (Å²) in [6, 6.07) is 0. The van der Waals surface area contributed by atoms with Crippen LogP contribution in [0.2, 0.25) is 0 Å². The highest BCUT2D eigenvalue weighted by Gasteiger charge is 2.22. The van der Waals surface area contributed by atoms with E-state index in [-0.39, 0.29) is 19.1 Å². The average molecular weight is 388 g/mol. The minimum absolute atomic E-state index is 0.247. The van der Waals surface area contributed by atoms with Crippen molar-refractivity contribution in [2.75, 3.05) is 18.1 Å². The van der Waals surface area contributed by atoms with E-state index in [9.17, 15) is 9.59 Å². The fraction of sp³-hybridized carbons (Fsp3) is 0.368. The van der Waals surface area contributed by atoms with E-state index in [2.05, 4.69) is 16.7 Å². The van der Waals surface area contributed by atoms with E-state index in [0.717, 1.165) is 29.1 Å². The van der Waals surface area contributed by atoms with Crippen molar-refractivity contribution in [3.8, 4) is 0 Å². The van der Waals surface area contributed by atoms with Crippen LogP contribution in [-0.4, -0.2) is 39.8 Å². The Kier molecular flexibility index (Phi) is 7.06. The zero-order valence-electron chi connectivity index (χ0n) is 16.1. The van der Waals surface area contributed by atoms with Gasteiger partial charge in [-0.05, 0) is 33.8 Å². The predicted molar refractivity (Wildman–Crippen MR) is 107 cm³/mol. The number of anilines is 1. The monoisotopic (exact) mass is 388 g/mol. The smallest absolute Gasteiger partial charge is 0.350 e. The SMILES string of the molecule is C=CCN(C(=O)C=Cc1cnn(CC)c1C)c1nc(C)c(C(=O)OCC)s1. The van der Waals surface area contributed by atoms with E-state index in [0.29, 0.717) is 15.7 Å². The number of aryl methyl sites for hydroxylation is 2. The van der Waals surface area contributed by atoms with E-state index < -0.39 is 5.97 Å². The average Bonchev–Trinajstić information content (AvgIpc) is 3.20. The largest absolute Gasteiger partial charge is 0.462 e. The van der Waals surface area contributed by atoms with Crippen molar-refractivity contribution >= 4 is 34.4 Å². The first-order valence-corrected chi connectivity index (χ1v) is 9.51. The molecule has 0 radical (unpaired) electrons. The van der Waals surface area contributed by atoms with E-state index in [1.807, 2.05) is 18.5 Å². The Hall–Kier alpha value is -2.74. The van der Waals surface area contributed by atoms with Crippen LogP contribution in [0.1, 0.15) is 40.5 Å². The third kappa shape index (κ3) is 4.71. The Balaban J connectivity index is 2.26. The van der Waals surface area contributed by atoms with Gasteiger partial charge in [0, 0.05) is 30.4 Å². The molecule has 2 rings (SSSR count). The number of ether oxygens (including phenoxy) is 1. The molecule has 0 unspecified atom stereocenters. The highest BCUT2D eigenvalue weighted by atomic mass is 32.1. The molecule has 1 amide bonds. The molecular formula is C19H24N4O3S. The van der Waals surface area contributed by atoms with Crippen molar-refractivity contribution < 1.29 is 14.3 Å². The van der Waals surface area contributed by atoms with Crippen molar-refractivity contribution in [2.24, 2.45) is 0 Å². The molecule has 0 saturated carbocycles. The van der Waals surface area contributed by atoms with Gasteiger partial charge in [-0.1, -0.05) is 17.4 Å². The van der Waals surface area contributed by atoms with Gasteiger partial charge in [0.25, 0.3) is 5.91 Å². The van der Waals surface area contributed by atoms with Crippen molar-refractivity contribution in [1.29, 1.82) is 0 Å². The van der Waals surface area contributed by atoms with Gasteiger partial charge in [-0.3, -0.25) is 14.4 Å². The third-order valence-corrected chi connectivity index (χ3v) is 5.06. The summed E-state index contributed by atoms with van der Waals surface area (Å²) >= 11 is 1.14. The number of rotatable bonds is 8. The van der Waals surface area contributed by atoms with E-state index >= 15 is 0 Å². The molecule has 0 aliphatic carbocycles. The van der Waals surface area contributed by atoms with Gasteiger partial charge in [-0.15, -0.1) is 6.58 Å². The molecule has 0 fully saturated rings. The summed E-state index contributed by atoms with van der Waals surface area (Å²) in [7, 11) is 0. The molecule has 0 saturated heterocycles. The Bertz CT molecular complexity index is 866. The van der Waals surface area contributed by atoms with E-state index in [1.54, 1.807) is 32.2 Å². The zero-order chi connectivity index (χ0) is 20.0. The lowest BCUT2D eigenvalue weighted by Crippen LogP contribution is -2.29. The summed E-state index contributed by atoms with van der Waals surface area (Å²) in [5.74, 6) is -0.675. The lowest BCUT2D eigenvalue weighted by molar-refractivity contribution is -0.114.